The minimum atomic E-state index is 0.726. The van der Waals surface area contributed by atoms with E-state index in [4.69, 9.17) is 11.6 Å². The third kappa shape index (κ3) is 2.75. The van der Waals surface area contributed by atoms with Gasteiger partial charge in [-0.3, -0.25) is 4.98 Å². The quantitative estimate of drug-likeness (QED) is 0.746. The summed E-state index contributed by atoms with van der Waals surface area (Å²) in [4.78, 5) is 4.35. The monoisotopic (exact) mass is 282 g/mol. The van der Waals surface area contributed by atoms with Crippen LogP contribution in [0.5, 0.6) is 0 Å². The fourth-order valence-electron chi connectivity index (χ4n) is 2.18. The molecule has 0 aliphatic heterocycles. The second-order valence-electron chi connectivity index (χ2n) is 4.86. The van der Waals surface area contributed by atoms with E-state index in [1.54, 1.807) is 0 Å². The molecule has 1 heterocycles. The molecule has 0 aliphatic carbocycles. The molecule has 2 aromatic carbocycles. The van der Waals surface area contributed by atoms with Gasteiger partial charge in [-0.2, -0.15) is 0 Å². The molecule has 0 bridgehead atoms. The maximum atomic E-state index is 6.07. The minimum absolute atomic E-state index is 0.726. The number of rotatable bonds is 3. The smallest absolute Gasteiger partial charge is 0.0723 e. The predicted molar refractivity (Wildman–Crippen MR) is 85.3 cm³/mol. The Morgan fingerprint density at radius 2 is 1.85 bits per heavy atom. The Bertz CT molecular complexity index is 736. The summed E-state index contributed by atoms with van der Waals surface area (Å²) in [6, 6.07) is 16.2. The fraction of sp³-hybridized carbons (Fsp3) is 0.118. The van der Waals surface area contributed by atoms with Gasteiger partial charge in [-0.25, -0.2) is 0 Å². The molecule has 1 N–H and O–H groups in total. The van der Waals surface area contributed by atoms with E-state index >= 15 is 0 Å². The molecule has 0 unspecified atom stereocenters. The van der Waals surface area contributed by atoms with Crippen LogP contribution in [0.15, 0.2) is 54.7 Å². The zero-order valence-corrected chi connectivity index (χ0v) is 12.0. The standard InChI is InChI=1S/C17H15ClN2/c1-12-2-4-13(5-3-12)11-20-17-8-9-19-16-7-6-14(18)10-15(16)17/h2-10H,11H2,1H3,(H,19,20). The maximum Gasteiger partial charge on any atom is 0.0723 e. The third-order valence-corrected chi connectivity index (χ3v) is 3.54. The minimum Gasteiger partial charge on any atom is -0.380 e. The first-order valence-electron chi connectivity index (χ1n) is 6.56. The number of benzene rings is 2. The second-order valence-corrected chi connectivity index (χ2v) is 5.30. The Labute approximate surface area is 123 Å². The van der Waals surface area contributed by atoms with E-state index < -0.39 is 0 Å². The van der Waals surface area contributed by atoms with Gasteiger partial charge in [-0.15, -0.1) is 0 Å². The molecule has 2 nitrogen and oxygen atoms in total. The van der Waals surface area contributed by atoms with Gasteiger partial charge in [0.2, 0.25) is 0 Å². The number of halogens is 1. The average Bonchev–Trinajstić information content (AvgIpc) is 2.47. The van der Waals surface area contributed by atoms with E-state index in [2.05, 4.69) is 41.5 Å². The highest BCUT2D eigenvalue weighted by Gasteiger charge is 2.02. The zero-order valence-electron chi connectivity index (χ0n) is 11.2. The SMILES string of the molecule is Cc1ccc(CNc2ccnc3ccc(Cl)cc23)cc1. The van der Waals surface area contributed by atoms with Crippen LogP contribution in [0.2, 0.25) is 5.02 Å². The van der Waals surface area contributed by atoms with Crippen molar-refractivity contribution in [1.82, 2.24) is 4.98 Å². The summed E-state index contributed by atoms with van der Waals surface area (Å²) in [5.74, 6) is 0. The summed E-state index contributed by atoms with van der Waals surface area (Å²) in [5.41, 5.74) is 4.53. The molecule has 3 aromatic rings. The first-order valence-corrected chi connectivity index (χ1v) is 6.94. The number of fused-ring (bicyclic) bond motifs is 1. The molecule has 0 saturated heterocycles. The number of hydrogen-bond acceptors (Lipinski definition) is 2. The van der Waals surface area contributed by atoms with E-state index in [0.717, 1.165) is 28.2 Å². The number of aryl methyl sites for hydroxylation is 1. The van der Waals surface area contributed by atoms with Crippen LogP contribution in [0.25, 0.3) is 10.9 Å². The van der Waals surface area contributed by atoms with Gasteiger partial charge in [-0.05, 0) is 36.8 Å². The van der Waals surface area contributed by atoms with E-state index in [0.29, 0.717) is 0 Å². The zero-order chi connectivity index (χ0) is 13.9. The lowest BCUT2D eigenvalue weighted by atomic mass is 10.1. The number of pyridine rings is 1. The highest BCUT2D eigenvalue weighted by molar-refractivity contribution is 6.31. The molecule has 0 amide bonds. The van der Waals surface area contributed by atoms with Crippen molar-refractivity contribution in [3.05, 3.63) is 70.9 Å². The summed E-state index contributed by atoms with van der Waals surface area (Å²) >= 11 is 6.07. The van der Waals surface area contributed by atoms with E-state index in [-0.39, 0.29) is 0 Å². The summed E-state index contributed by atoms with van der Waals surface area (Å²) < 4.78 is 0. The van der Waals surface area contributed by atoms with Gasteiger partial charge < -0.3 is 5.32 Å². The van der Waals surface area contributed by atoms with Gasteiger partial charge in [0.05, 0.1) is 5.52 Å². The fourth-order valence-corrected chi connectivity index (χ4v) is 2.35. The lowest BCUT2D eigenvalue weighted by Gasteiger charge is -2.10. The molecule has 1 aromatic heterocycles. The highest BCUT2D eigenvalue weighted by atomic mass is 35.5. The van der Waals surface area contributed by atoms with E-state index in [9.17, 15) is 0 Å². The second kappa shape index (κ2) is 5.51. The molecular weight excluding hydrogens is 268 g/mol. The van der Waals surface area contributed by atoms with Crippen LogP contribution < -0.4 is 5.32 Å². The molecule has 3 rings (SSSR count). The lowest BCUT2D eigenvalue weighted by molar-refractivity contribution is 1.15. The van der Waals surface area contributed by atoms with Gasteiger partial charge in [0.15, 0.2) is 0 Å². The molecule has 20 heavy (non-hydrogen) atoms. The Morgan fingerprint density at radius 1 is 1.05 bits per heavy atom. The summed E-state index contributed by atoms with van der Waals surface area (Å²) in [6.07, 6.45) is 1.81. The Morgan fingerprint density at radius 3 is 2.65 bits per heavy atom. The Hall–Kier alpha value is -2.06. The third-order valence-electron chi connectivity index (χ3n) is 3.31. The number of hydrogen-bond donors (Lipinski definition) is 1. The molecule has 0 atom stereocenters. The van der Waals surface area contributed by atoms with Gasteiger partial charge in [-0.1, -0.05) is 41.4 Å². The van der Waals surface area contributed by atoms with E-state index in [1.165, 1.54) is 11.1 Å². The van der Waals surface area contributed by atoms with Crippen LogP contribution in [0.3, 0.4) is 0 Å². The summed E-state index contributed by atoms with van der Waals surface area (Å²) in [7, 11) is 0. The van der Waals surface area contributed by atoms with Crippen molar-refractivity contribution in [3.63, 3.8) is 0 Å². The van der Waals surface area contributed by atoms with Crippen molar-refractivity contribution >= 4 is 28.2 Å². The van der Waals surface area contributed by atoms with Crippen molar-refractivity contribution in [2.45, 2.75) is 13.5 Å². The molecule has 0 fully saturated rings. The van der Waals surface area contributed by atoms with Crippen LogP contribution >= 0.6 is 11.6 Å². The Kier molecular flexibility index (Phi) is 3.57. The first-order chi connectivity index (χ1) is 9.72. The molecule has 3 heteroatoms. The topological polar surface area (TPSA) is 24.9 Å². The van der Waals surface area contributed by atoms with Gasteiger partial charge in [0.1, 0.15) is 0 Å². The van der Waals surface area contributed by atoms with Crippen molar-refractivity contribution in [1.29, 1.82) is 0 Å². The normalized spacial score (nSPS) is 10.7. The van der Waals surface area contributed by atoms with Crippen LogP contribution in [-0.4, -0.2) is 4.98 Å². The molecule has 0 aliphatic rings. The molecular formula is C17H15ClN2. The van der Waals surface area contributed by atoms with E-state index in [1.807, 2.05) is 30.5 Å². The van der Waals surface area contributed by atoms with Crippen LogP contribution in [0.4, 0.5) is 5.69 Å². The molecule has 0 radical (unpaired) electrons. The van der Waals surface area contributed by atoms with Gasteiger partial charge in [0.25, 0.3) is 0 Å². The van der Waals surface area contributed by atoms with Crippen molar-refractivity contribution in [3.8, 4) is 0 Å². The van der Waals surface area contributed by atoms with Gasteiger partial charge in [0, 0.05) is 28.8 Å². The van der Waals surface area contributed by atoms with Crippen molar-refractivity contribution in [2.24, 2.45) is 0 Å². The average molecular weight is 283 g/mol. The van der Waals surface area contributed by atoms with Crippen LogP contribution in [0, 0.1) is 6.92 Å². The number of aromatic nitrogens is 1. The first kappa shape index (κ1) is 12.9. The maximum absolute atomic E-state index is 6.07. The number of nitrogens with one attached hydrogen (secondary N) is 1. The van der Waals surface area contributed by atoms with Crippen LogP contribution in [-0.2, 0) is 6.54 Å². The summed E-state index contributed by atoms with van der Waals surface area (Å²) in [6.45, 7) is 2.88. The highest BCUT2D eigenvalue weighted by Crippen LogP contribution is 2.25. The predicted octanol–water partition coefficient (Wildman–Crippen LogP) is 4.81. The van der Waals surface area contributed by atoms with Crippen molar-refractivity contribution in [2.75, 3.05) is 5.32 Å². The lowest BCUT2D eigenvalue weighted by Crippen LogP contribution is -2.00. The van der Waals surface area contributed by atoms with Crippen molar-refractivity contribution < 1.29 is 0 Å². The summed E-state index contributed by atoms with van der Waals surface area (Å²) in [5, 5.41) is 5.23. The Balaban J connectivity index is 1.87. The van der Waals surface area contributed by atoms with Gasteiger partial charge >= 0.3 is 0 Å². The largest absolute Gasteiger partial charge is 0.380 e. The van der Waals surface area contributed by atoms with Crippen LogP contribution in [0.1, 0.15) is 11.1 Å². The molecule has 0 saturated carbocycles. The molecule has 100 valence electrons. The molecule has 0 spiro atoms. The number of anilines is 1. The number of nitrogens with zero attached hydrogens (tertiary/aromatic N) is 1.